The molecule has 0 spiro atoms. The van der Waals surface area contributed by atoms with Gasteiger partial charge in [-0.15, -0.1) is 0 Å². The summed E-state index contributed by atoms with van der Waals surface area (Å²) in [5.41, 5.74) is 0. The number of phosphoric acid groups is 2. The molecule has 0 saturated carbocycles. The van der Waals surface area contributed by atoms with Gasteiger partial charge in [0.15, 0.2) is 12.2 Å². The van der Waals surface area contributed by atoms with Gasteiger partial charge in [0.25, 0.3) is 0 Å². The monoisotopic (exact) mass is 1490 g/mol. The van der Waals surface area contributed by atoms with Crippen molar-refractivity contribution in [1.29, 1.82) is 0 Å². The highest BCUT2D eigenvalue weighted by Gasteiger charge is 2.30. The predicted molar refractivity (Wildman–Crippen MR) is 418 cm³/mol. The van der Waals surface area contributed by atoms with Gasteiger partial charge in [-0.1, -0.05) is 376 Å². The summed E-state index contributed by atoms with van der Waals surface area (Å²) in [5.74, 6) is 1.11. The topological polar surface area (TPSA) is 237 Å². The highest BCUT2D eigenvalue weighted by Crippen LogP contribution is 2.45. The van der Waals surface area contributed by atoms with E-state index in [1.807, 2.05) is 0 Å². The number of hydrogen-bond acceptors (Lipinski definition) is 15. The molecule has 0 rings (SSSR count). The number of esters is 4. The van der Waals surface area contributed by atoms with Crippen LogP contribution in [0.2, 0.25) is 0 Å². The Hall–Kier alpha value is -1.94. The summed E-state index contributed by atoms with van der Waals surface area (Å²) < 4.78 is 68.8. The zero-order valence-electron chi connectivity index (χ0n) is 67.2. The second-order valence-electron chi connectivity index (χ2n) is 31.1. The number of phosphoric ester groups is 2. The quantitative estimate of drug-likeness (QED) is 0.0222. The van der Waals surface area contributed by atoms with Crippen molar-refractivity contribution >= 4 is 39.5 Å². The second-order valence-corrected chi connectivity index (χ2v) is 34.0. The van der Waals surface area contributed by atoms with Crippen molar-refractivity contribution in [2.24, 2.45) is 23.7 Å². The Labute approximate surface area is 626 Å². The largest absolute Gasteiger partial charge is 0.472 e. The van der Waals surface area contributed by atoms with Crippen molar-refractivity contribution in [2.75, 3.05) is 39.6 Å². The maximum absolute atomic E-state index is 13.1. The van der Waals surface area contributed by atoms with Gasteiger partial charge in [0.1, 0.15) is 19.3 Å². The Morgan fingerprint density at radius 3 is 0.696 bits per heavy atom. The van der Waals surface area contributed by atoms with Crippen molar-refractivity contribution in [3.8, 4) is 0 Å². The van der Waals surface area contributed by atoms with E-state index in [0.717, 1.165) is 114 Å². The molecule has 19 heteroatoms. The van der Waals surface area contributed by atoms with Crippen LogP contribution < -0.4 is 0 Å². The SMILES string of the molecule is CCC(C)CCCCCCCCCCCCCCCCCCCCC(=O)O[C@H](COC(=O)CCCCCCCCCCCCCC(C)C)COP(=O)(O)OC[C@@H](O)COP(=O)(O)OC[C@@H](COC(=O)CCCCCCCCCCC(C)CC)OC(=O)CCCCCCCCCCCCC(C)CC. The van der Waals surface area contributed by atoms with E-state index in [0.29, 0.717) is 25.7 Å². The minimum atomic E-state index is -4.96. The molecule has 0 aromatic rings. The number of ether oxygens (including phenoxy) is 4. The van der Waals surface area contributed by atoms with Crippen molar-refractivity contribution < 1.29 is 80.2 Å². The summed E-state index contributed by atoms with van der Waals surface area (Å²) in [6.45, 7) is 14.4. The van der Waals surface area contributed by atoms with E-state index in [1.54, 1.807) is 0 Å². The van der Waals surface area contributed by atoms with Crippen LogP contribution in [0.4, 0.5) is 0 Å². The first kappa shape index (κ1) is 100. The Balaban J connectivity index is 5.24. The van der Waals surface area contributed by atoms with Gasteiger partial charge >= 0.3 is 39.5 Å². The molecule has 3 N–H and O–H groups in total. The normalized spacial score (nSPS) is 14.8. The van der Waals surface area contributed by atoms with E-state index >= 15 is 0 Å². The predicted octanol–water partition coefficient (Wildman–Crippen LogP) is 24.8. The summed E-state index contributed by atoms with van der Waals surface area (Å²) in [6, 6.07) is 0. The standard InChI is InChI=1S/C83H162O17P2/c1-9-74(6)60-52-44-36-28-22-18-16-14-12-13-15-17-19-23-31-41-49-57-65-82(87)99-78(69-93-80(85)63-55-47-39-30-24-20-21-27-35-43-51-59-73(4)5)71-97-101(89,90)95-67-77(84)68-96-102(91,92)98-72-79(70-94-81(86)64-56-48-40-34-33-38-46-54-62-76(8)11-3)100-83(88)66-58-50-42-32-26-25-29-37-45-53-61-75(7)10-2/h73-79,84H,9-72H2,1-8H3,(H,89,90)(H,91,92)/t74?,75?,76?,77-,78-,79-/m1/s1. The van der Waals surface area contributed by atoms with Crippen LogP contribution in [0, 0.1) is 23.7 Å². The Morgan fingerprint density at radius 2 is 0.471 bits per heavy atom. The third kappa shape index (κ3) is 72.3. The van der Waals surface area contributed by atoms with Crippen molar-refractivity contribution in [1.82, 2.24) is 0 Å². The fraction of sp³-hybridized carbons (Fsp3) is 0.952. The van der Waals surface area contributed by atoms with Crippen LogP contribution in [0.15, 0.2) is 0 Å². The van der Waals surface area contributed by atoms with E-state index in [9.17, 15) is 43.2 Å². The first-order valence-corrected chi connectivity index (χ1v) is 45.8. The average Bonchev–Trinajstić information content (AvgIpc) is 0.977. The van der Waals surface area contributed by atoms with E-state index < -0.39 is 97.5 Å². The van der Waals surface area contributed by atoms with E-state index in [4.69, 9.17) is 37.0 Å². The van der Waals surface area contributed by atoms with Gasteiger partial charge in [0.05, 0.1) is 26.4 Å². The van der Waals surface area contributed by atoms with Crippen molar-refractivity contribution in [2.45, 2.75) is 446 Å². The van der Waals surface area contributed by atoms with Crippen molar-refractivity contribution in [3.63, 3.8) is 0 Å². The number of carbonyl (C=O) groups is 4. The first-order chi connectivity index (χ1) is 49.2. The number of aliphatic hydroxyl groups is 1. The second kappa shape index (κ2) is 72.0. The number of hydrogen-bond donors (Lipinski definition) is 3. The van der Waals surface area contributed by atoms with Gasteiger partial charge in [0.2, 0.25) is 0 Å². The summed E-state index contributed by atoms with van der Waals surface area (Å²) in [5, 5.41) is 10.7. The number of unbranched alkanes of at least 4 members (excludes halogenated alkanes) is 43. The van der Waals surface area contributed by atoms with Crippen LogP contribution in [0.25, 0.3) is 0 Å². The zero-order chi connectivity index (χ0) is 75.3. The minimum Gasteiger partial charge on any atom is -0.462 e. The summed E-state index contributed by atoms with van der Waals surface area (Å²) in [7, 11) is -9.93. The minimum absolute atomic E-state index is 0.106. The molecule has 0 amide bonds. The lowest BCUT2D eigenvalue weighted by molar-refractivity contribution is -0.161. The lowest BCUT2D eigenvalue weighted by atomic mass is 9.99. The van der Waals surface area contributed by atoms with Crippen molar-refractivity contribution in [3.05, 3.63) is 0 Å². The van der Waals surface area contributed by atoms with Crippen LogP contribution in [-0.4, -0.2) is 96.7 Å². The van der Waals surface area contributed by atoms with Crippen LogP contribution in [0.3, 0.4) is 0 Å². The fourth-order valence-corrected chi connectivity index (χ4v) is 14.3. The Bertz CT molecular complexity index is 1990. The highest BCUT2D eigenvalue weighted by atomic mass is 31.2. The van der Waals surface area contributed by atoms with Gasteiger partial charge in [0, 0.05) is 25.7 Å². The van der Waals surface area contributed by atoms with E-state index in [2.05, 4.69) is 55.4 Å². The lowest BCUT2D eigenvalue weighted by Crippen LogP contribution is -2.30. The maximum Gasteiger partial charge on any atom is 0.472 e. The third-order valence-corrected chi connectivity index (χ3v) is 22.3. The molecule has 0 aliphatic carbocycles. The molecule has 0 aromatic heterocycles. The molecule has 17 nitrogen and oxygen atoms in total. The first-order valence-electron chi connectivity index (χ1n) is 42.8. The van der Waals surface area contributed by atoms with Crippen LogP contribution in [0.5, 0.6) is 0 Å². The van der Waals surface area contributed by atoms with E-state index in [1.165, 1.54) is 231 Å². The molecule has 0 heterocycles. The van der Waals surface area contributed by atoms with Gasteiger partial charge in [-0.25, -0.2) is 9.13 Å². The van der Waals surface area contributed by atoms with Crippen LogP contribution in [-0.2, 0) is 65.4 Å². The van der Waals surface area contributed by atoms with Gasteiger partial charge < -0.3 is 33.8 Å². The van der Waals surface area contributed by atoms with Crippen LogP contribution >= 0.6 is 15.6 Å². The molecule has 0 aliphatic heterocycles. The molecule has 0 aromatic carbocycles. The molecular formula is C83H162O17P2. The van der Waals surface area contributed by atoms with Crippen LogP contribution in [0.1, 0.15) is 428 Å². The molecule has 0 radical (unpaired) electrons. The van der Waals surface area contributed by atoms with Gasteiger partial charge in [-0.05, 0) is 49.4 Å². The number of rotatable bonds is 80. The van der Waals surface area contributed by atoms with Gasteiger partial charge in [-0.3, -0.25) is 37.3 Å². The summed E-state index contributed by atoms with van der Waals surface area (Å²) >= 11 is 0. The molecule has 102 heavy (non-hydrogen) atoms. The van der Waals surface area contributed by atoms with Gasteiger partial charge in [-0.2, -0.15) is 0 Å². The summed E-state index contributed by atoms with van der Waals surface area (Å²) in [6.07, 6.45) is 59.5. The number of carbonyl (C=O) groups excluding carboxylic acids is 4. The molecule has 5 unspecified atom stereocenters. The summed E-state index contributed by atoms with van der Waals surface area (Å²) in [4.78, 5) is 73.1. The lowest BCUT2D eigenvalue weighted by Gasteiger charge is -2.21. The smallest absolute Gasteiger partial charge is 0.462 e. The third-order valence-electron chi connectivity index (χ3n) is 20.4. The number of aliphatic hydroxyl groups excluding tert-OH is 1. The highest BCUT2D eigenvalue weighted by molar-refractivity contribution is 7.47. The molecule has 0 fully saturated rings. The average molecular weight is 1490 g/mol. The fourth-order valence-electron chi connectivity index (χ4n) is 12.7. The molecule has 0 aliphatic rings. The Kier molecular flexibility index (Phi) is 70.6. The molecule has 0 saturated heterocycles. The van der Waals surface area contributed by atoms with E-state index in [-0.39, 0.29) is 25.7 Å². The molecule has 606 valence electrons. The zero-order valence-corrected chi connectivity index (χ0v) is 69.0. The molecule has 8 atom stereocenters. The Morgan fingerprint density at radius 1 is 0.275 bits per heavy atom. The molecular weight excluding hydrogens is 1330 g/mol. The maximum atomic E-state index is 13.1. The molecule has 0 bridgehead atoms.